The van der Waals surface area contributed by atoms with Crippen molar-refractivity contribution in [3.63, 3.8) is 0 Å². The summed E-state index contributed by atoms with van der Waals surface area (Å²) in [6.07, 6.45) is -4.63. The summed E-state index contributed by atoms with van der Waals surface area (Å²) in [5.41, 5.74) is 6.69. The molecule has 0 aliphatic carbocycles. The van der Waals surface area contributed by atoms with Crippen LogP contribution in [0, 0.1) is 0 Å². The van der Waals surface area contributed by atoms with Gasteiger partial charge in [-0.1, -0.05) is 42.5 Å². The third-order valence-corrected chi connectivity index (χ3v) is 5.20. The lowest BCUT2D eigenvalue weighted by Gasteiger charge is -2.39. The van der Waals surface area contributed by atoms with Gasteiger partial charge in [0.25, 0.3) is 0 Å². The fraction of sp³-hybridized carbons (Fsp3) is 0.286. The zero-order valence-electron chi connectivity index (χ0n) is 16.0. The summed E-state index contributed by atoms with van der Waals surface area (Å²) in [4.78, 5) is 23.4. The zero-order chi connectivity index (χ0) is 21.3. The molecule has 0 radical (unpaired) electrons. The monoisotopic (exact) mass is 415 g/mol. The maximum atomic E-state index is 13.3. The van der Waals surface area contributed by atoms with Gasteiger partial charge >= 0.3 is 6.18 Å². The van der Waals surface area contributed by atoms with Gasteiger partial charge in [0.15, 0.2) is 0 Å². The summed E-state index contributed by atoms with van der Waals surface area (Å²) in [6, 6.07) is 15.3. The van der Waals surface area contributed by atoms with E-state index in [0.717, 1.165) is 5.56 Å². The average Bonchev–Trinajstić information content (AvgIpc) is 2.73. The van der Waals surface area contributed by atoms with Gasteiger partial charge in [0.1, 0.15) is 11.9 Å². The highest BCUT2D eigenvalue weighted by Gasteiger charge is 2.37. The molecule has 1 aromatic heterocycles. The molecule has 0 spiro atoms. The second-order valence-corrected chi connectivity index (χ2v) is 7.12. The van der Waals surface area contributed by atoms with E-state index in [1.54, 1.807) is 29.2 Å². The first-order valence-electron chi connectivity index (χ1n) is 9.52. The minimum Gasteiger partial charge on any atom is -0.368 e. The lowest BCUT2D eigenvalue weighted by Crippen LogP contribution is -2.50. The number of aromatic nitrogens is 2. The Hall–Kier alpha value is -3.20. The Bertz CT molecular complexity index is 1050. The number of rotatable bonds is 4. The van der Waals surface area contributed by atoms with Crippen LogP contribution in [-0.2, 0) is 11.0 Å². The van der Waals surface area contributed by atoms with Crippen LogP contribution in [-0.4, -0.2) is 47.0 Å². The number of hydrogen-bond acceptors (Lipinski definition) is 5. The smallest absolute Gasteiger partial charge is 0.368 e. The summed E-state index contributed by atoms with van der Waals surface area (Å²) in [7, 11) is 0. The molecule has 1 atom stereocenters. The largest absolute Gasteiger partial charge is 0.451 e. The van der Waals surface area contributed by atoms with Crippen molar-refractivity contribution in [2.75, 3.05) is 31.1 Å². The molecule has 0 bridgehead atoms. The molecule has 9 heteroatoms. The Labute approximate surface area is 171 Å². The Morgan fingerprint density at radius 1 is 0.933 bits per heavy atom. The van der Waals surface area contributed by atoms with Crippen molar-refractivity contribution in [2.45, 2.75) is 12.2 Å². The summed E-state index contributed by atoms with van der Waals surface area (Å²) in [5, 5.41) is 0.563. The molecule has 0 saturated carbocycles. The highest BCUT2D eigenvalue weighted by atomic mass is 19.4. The molecule has 3 aromatic rings. The van der Waals surface area contributed by atoms with Crippen LogP contribution in [0.5, 0.6) is 0 Å². The van der Waals surface area contributed by atoms with Crippen molar-refractivity contribution < 1.29 is 18.0 Å². The molecule has 1 fully saturated rings. The van der Waals surface area contributed by atoms with Gasteiger partial charge in [-0.2, -0.15) is 13.2 Å². The summed E-state index contributed by atoms with van der Waals surface area (Å²) >= 11 is 0. The number of nitrogens with zero attached hydrogens (tertiary/aromatic N) is 4. The number of benzene rings is 2. The quantitative estimate of drug-likeness (QED) is 0.709. The van der Waals surface area contributed by atoms with Crippen LogP contribution in [0.25, 0.3) is 10.9 Å². The van der Waals surface area contributed by atoms with Crippen LogP contribution in [0.1, 0.15) is 17.4 Å². The number of piperazine rings is 1. The van der Waals surface area contributed by atoms with Crippen molar-refractivity contribution in [3.05, 3.63) is 66.0 Å². The molecular weight excluding hydrogens is 395 g/mol. The molecule has 4 rings (SSSR count). The standard InChI is InChI=1S/C21H20F3N5O/c22-21(23,24)20-26-16-9-5-4-8-15(16)19(27-20)29-12-10-28(11-13-29)17(18(25)30)14-6-2-1-3-7-14/h1-9,17H,10-13H2,(H2,25,30)/t17-/m0/s1. The van der Waals surface area contributed by atoms with Gasteiger partial charge in [0.05, 0.1) is 5.52 Å². The SMILES string of the molecule is NC(=O)[C@H](c1ccccc1)N1CCN(c2nc(C(F)(F)F)nc3ccccc23)CC1. The minimum absolute atomic E-state index is 0.247. The van der Waals surface area contributed by atoms with Crippen LogP contribution in [0.2, 0.25) is 0 Å². The molecule has 30 heavy (non-hydrogen) atoms. The number of alkyl halides is 3. The second kappa shape index (κ2) is 7.91. The third kappa shape index (κ3) is 3.93. The number of halogens is 3. The zero-order valence-corrected chi connectivity index (χ0v) is 16.0. The number of amides is 1. The van der Waals surface area contributed by atoms with Crippen molar-refractivity contribution in [2.24, 2.45) is 5.73 Å². The fourth-order valence-electron chi connectivity index (χ4n) is 3.81. The number of primary amides is 1. The normalized spacial score (nSPS) is 16.6. The Kier molecular flexibility index (Phi) is 5.29. The van der Waals surface area contributed by atoms with Crippen LogP contribution < -0.4 is 10.6 Å². The third-order valence-electron chi connectivity index (χ3n) is 5.20. The predicted molar refractivity (Wildman–Crippen MR) is 107 cm³/mol. The van der Waals surface area contributed by atoms with E-state index in [1.807, 2.05) is 35.2 Å². The van der Waals surface area contributed by atoms with Crippen LogP contribution in [0.4, 0.5) is 19.0 Å². The van der Waals surface area contributed by atoms with E-state index in [0.29, 0.717) is 31.6 Å². The Morgan fingerprint density at radius 3 is 2.20 bits per heavy atom. The van der Waals surface area contributed by atoms with Gasteiger partial charge in [0.2, 0.25) is 11.7 Å². The summed E-state index contributed by atoms with van der Waals surface area (Å²) in [5.74, 6) is -1.36. The molecule has 1 aliphatic heterocycles. The lowest BCUT2D eigenvalue weighted by molar-refractivity contribution is -0.144. The van der Waals surface area contributed by atoms with Gasteiger partial charge in [-0.05, 0) is 17.7 Å². The summed E-state index contributed by atoms with van der Waals surface area (Å²) < 4.78 is 39.9. The Morgan fingerprint density at radius 2 is 1.57 bits per heavy atom. The van der Waals surface area contributed by atoms with E-state index in [4.69, 9.17) is 5.73 Å². The van der Waals surface area contributed by atoms with Crippen LogP contribution >= 0.6 is 0 Å². The number of anilines is 1. The molecule has 1 saturated heterocycles. The first-order valence-corrected chi connectivity index (χ1v) is 9.52. The van der Waals surface area contributed by atoms with Gasteiger partial charge in [-0.15, -0.1) is 0 Å². The number of hydrogen-bond donors (Lipinski definition) is 1. The number of carbonyl (C=O) groups is 1. The van der Waals surface area contributed by atoms with Gasteiger partial charge in [0, 0.05) is 31.6 Å². The molecule has 156 valence electrons. The van der Waals surface area contributed by atoms with Gasteiger partial charge < -0.3 is 10.6 Å². The van der Waals surface area contributed by atoms with Crippen molar-refractivity contribution in [1.29, 1.82) is 0 Å². The van der Waals surface area contributed by atoms with Crippen LogP contribution in [0.3, 0.4) is 0 Å². The van der Waals surface area contributed by atoms with Crippen molar-refractivity contribution in [3.8, 4) is 0 Å². The molecular formula is C21H20F3N5O. The molecule has 1 aliphatic rings. The first kappa shape index (κ1) is 20.1. The van der Waals surface area contributed by atoms with E-state index in [2.05, 4.69) is 9.97 Å². The maximum absolute atomic E-state index is 13.3. The second-order valence-electron chi connectivity index (χ2n) is 7.12. The maximum Gasteiger partial charge on any atom is 0.451 e. The van der Waals surface area contributed by atoms with E-state index < -0.39 is 23.9 Å². The molecule has 6 nitrogen and oxygen atoms in total. The molecule has 2 aromatic carbocycles. The highest BCUT2D eigenvalue weighted by molar-refractivity contribution is 5.89. The number of nitrogens with two attached hydrogens (primary N) is 1. The first-order chi connectivity index (χ1) is 14.3. The molecule has 2 heterocycles. The van der Waals surface area contributed by atoms with Crippen molar-refractivity contribution in [1.82, 2.24) is 14.9 Å². The van der Waals surface area contributed by atoms with E-state index >= 15 is 0 Å². The number of fused-ring (bicyclic) bond motifs is 1. The minimum atomic E-state index is -4.63. The predicted octanol–water partition coefficient (Wildman–Crippen LogP) is 3.00. The van der Waals surface area contributed by atoms with Crippen molar-refractivity contribution >= 4 is 22.6 Å². The van der Waals surface area contributed by atoms with Crippen LogP contribution in [0.15, 0.2) is 54.6 Å². The molecule has 1 amide bonds. The fourth-order valence-corrected chi connectivity index (χ4v) is 3.81. The molecule has 0 unspecified atom stereocenters. The number of para-hydroxylation sites is 1. The highest BCUT2D eigenvalue weighted by Crippen LogP contribution is 2.32. The Balaban J connectivity index is 1.61. The lowest BCUT2D eigenvalue weighted by atomic mass is 10.0. The summed E-state index contributed by atoms with van der Waals surface area (Å²) in [6.45, 7) is 1.74. The van der Waals surface area contributed by atoms with Gasteiger partial charge in [-0.25, -0.2) is 9.97 Å². The van der Waals surface area contributed by atoms with Gasteiger partial charge in [-0.3, -0.25) is 9.69 Å². The average molecular weight is 415 g/mol. The van der Waals surface area contributed by atoms with E-state index in [-0.39, 0.29) is 11.3 Å². The molecule has 2 N–H and O–H groups in total. The topological polar surface area (TPSA) is 75.4 Å². The van der Waals surface area contributed by atoms with E-state index in [9.17, 15) is 18.0 Å². The van der Waals surface area contributed by atoms with E-state index in [1.165, 1.54) is 0 Å². The number of carbonyl (C=O) groups excluding carboxylic acids is 1.